The quantitative estimate of drug-likeness (QED) is 0.681. The first-order chi connectivity index (χ1) is 13.6. The van der Waals surface area contributed by atoms with Crippen LogP contribution in [0.4, 0.5) is 0 Å². The highest BCUT2D eigenvalue weighted by Crippen LogP contribution is 2.47. The average Bonchev–Trinajstić information content (AvgIpc) is 3.02. The van der Waals surface area contributed by atoms with E-state index in [-0.39, 0.29) is 5.82 Å². The molecule has 0 radical (unpaired) electrons. The first kappa shape index (κ1) is 18.0. The Morgan fingerprint density at radius 2 is 1.61 bits per heavy atom. The van der Waals surface area contributed by atoms with Crippen LogP contribution in [-0.2, 0) is 5.41 Å². The van der Waals surface area contributed by atoms with E-state index in [4.69, 9.17) is 22.3 Å². The summed E-state index contributed by atoms with van der Waals surface area (Å²) in [4.78, 5) is 4.70. The van der Waals surface area contributed by atoms with Crippen LogP contribution in [0.1, 0.15) is 22.3 Å². The minimum atomic E-state index is -0.890. The summed E-state index contributed by atoms with van der Waals surface area (Å²) >= 11 is 6.15. The van der Waals surface area contributed by atoms with Gasteiger partial charge in [0.05, 0.1) is 11.3 Å². The molecule has 0 saturated carbocycles. The second-order valence-corrected chi connectivity index (χ2v) is 7.26. The normalized spacial score (nSPS) is 18.7. The topological polar surface area (TPSA) is 62.2 Å². The first-order valence-electron chi connectivity index (χ1n) is 8.95. The van der Waals surface area contributed by atoms with E-state index in [0.717, 1.165) is 28.0 Å². The lowest BCUT2D eigenvalue weighted by Gasteiger charge is -2.33. The molecule has 1 unspecified atom stereocenters. The van der Waals surface area contributed by atoms with E-state index >= 15 is 0 Å². The molecule has 4 heteroatoms. The number of hydrogen-bond acceptors (Lipinski definition) is 3. The summed E-state index contributed by atoms with van der Waals surface area (Å²) in [6, 6.07) is 27.9. The monoisotopic (exact) mass is 383 g/mol. The molecule has 1 aliphatic rings. The minimum absolute atomic E-state index is 0.248. The number of nitrogens with zero attached hydrogens (tertiary/aromatic N) is 2. The van der Waals surface area contributed by atoms with Crippen molar-refractivity contribution in [2.75, 3.05) is 0 Å². The van der Waals surface area contributed by atoms with Crippen molar-refractivity contribution < 1.29 is 0 Å². The number of halogens is 1. The Balaban J connectivity index is 2.10. The van der Waals surface area contributed by atoms with Gasteiger partial charge in [-0.15, -0.1) is 0 Å². The predicted molar refractivity (Wildman–Crippen MR) is 113 cm³/mol. The number of allylic oxidation sites excluding steroid dienone is 1. The largest absolute Gasteiger partial charge is 0.383 e. The van der Waals surface area contributed by atoms with E-state index in [0.29, 0.717) is 10.6 Å². The summed E-state index contributed by atoms with van der Waals surface area (Å²) in [5.41, 5.74) is 10.5. The molecular weight excluding hydrogens is 366 g/mol. The maximum absolute atomic E-state index is 10.1. The van der Waals surface area contributed by atoms with Gasteiger partial charge >= 0.3 is 0 Å². The highest BCUT2D eigenvalue weighted by Gasteiger charge is 2.49. The Morgan fingerprint density at radius 3 is 2.25 bits per heavy atom. The van der Waals surface area contributed by atoms with Gasteiger partial charge in [-0.25, -0.2) is 4.99 Å². The molecule has 3 nitrogen and oxygen atoms in total. The minimum Gasteiger partial charge on any atom is -0.383 e. The average molecular weight is 384 g/mol. The molecule has 1 heterocycles. The van der Waals surface area contributed by atoms with E-state index in [9.17, 15) is 5.26 Å². The lowest BCUT2D eigenvalue weighted by Crippen LogP contribution is -2.37. The van der Waals surface area contributed by atoms with Crippen LogP contribution in [0.2, 0.25) is 5.02 Å². The van der Waals surface area contributed by atoms with Crippen molar-refractivity contribution >= 4 is 17.3 Å². The third-order valence-electron chi connectivity index (χ3n) is 5.11. The molecule has 28 heavy (non-hydrogen) atoms. The Kier molecular flexibility index (Phi) is 4.50. The van der Waals surface area contributed by atoms with Gasteiger partial charge in [-0.2, -0.15) is 5.26 Å². The molecule has 0 saturated heterocycles. The van der Waals surface area contributed by atoms with Crippen LogP contribution in [0.15, 0.2) is 95.2 Å². The second kappa shape index (κ2) is 6.99. The number of hydrogen-bond donors (Lipinski definition) is 1. The van der Waals surface area contributed by atoms with Gasteiger partial charge < -0.3 is 5.73 Å². The standard InChI is InChI=1S/C24H18ClN3/c1-16-6-5-7-17(14-16)22-24(18-8-3-2-4-9-18,21(15-26)23(27)28-22)19-10-12-20(25)13-11-19/h2-14H,27H2,1H3. The molecule has 3 aromatic carbocycles. The van der Waals surface area contributed by atoms with E-state index in [1.54, 1.807) is 0 Å². The first-order valence-corrected chi connectivity index (χ1v) is 9.33. The second-order valence-electron chi connectivity index (χ2n) is 6.82. The molecular formula is C24H18ClN3. The van der Waals surface area contributed by atoms with Gasteiger partial charge in [-0.1, -0.05) is 83.9 Å². The van der Waals surface area contributed by atoms with Crippen LogP contribution in [0, 0.1) is 18.3 Å². The predicted octanol–water partition coefficient (Wildman–Crippen LogP) is 5.13. The smallest absolute Gasteiger partial charge is 0.139 e. The van der Waals surface area contributed by atoms with E-state index in [1.807, 2.05) is 79.7 Å². The zero-order valence-electron chi connectivity index (χ0n) is 15.4. The van der Waals surface area contributed by atoms with E-state index in [1.165, 1.54) is 0 Å². The Bertz CT molecular complexity index is 1140. The summed E-state index contributed by atoms with van der Waals surface area (Å²) in [7, 11) is 0. The number of aliphatic imine (C=N–C) groups is 1. The summed E-state index contributed by atoms with van der Waals surface area (Å²) in [5.74, 6) is 0.248. The molecule has 0 amide bonds. The van der Waals surface area contributed by atoms with Crippen LogP contribution >= 0.6 is 11.6 Å². The van der Waals surface area contributed by atoms with Gasteiger partial charge in [0.25, 0.3) is 0 Å². The molecule has 3 aromatic rings. The summed E-state index contributed by atoms with van der Waals surface area (Å²) in [6.07, 6.45) is 0. The summed E-state index contributed by atoms with van der Waals surface area (Å²) < 4.78 is 0. The zero-order chi connectivity index (χ0) is 19.7. The third-order valence-corrected chi connectivity index (χ3v) is 5.36. The highest BCUT2D eigenvalue weighted by molar-refractivity contribution is 6.30. The lowest BCUT2D eigenvalue weighted by molar-refractivity contribution is 0.842. The molecule has 136 valence electrons. The van der Waals surface area contributed by atoms with Gasteiger partial charge in [0.15, 0.2) is 0 Å². The zero-order valence-corrected chi connectivity index (χ0v) is 16.1. The van der Waals surface area contributed by atoms with Crippen molar-refractivity contribution in [3.05, 3.63) is 118 Å². The van der Waals surface area contributed by atoms with Crippen LogP contribution < -0.4 is 5.73 Å². The highest BCUT2D eigenvalue weighted by atomic mass is 35.5. The van der Waals surface area contributed by atoms with Crippen LogP contribution in [0.5, 0.6) is 0 Å². The summed E-state index contributed by atoms with van der Waals surface area (Å²) in [6.45, 7) is 2.04. The number of nitriles is 1. The molecule has 1 aliphatic heterocycles. The Morgan fingerprint density at radius 1 is 0.929 bits per heavy atom. The molecule has 0 aromatic heterocycles. The maximum atomic E-state index is 10.1. The number of rotatable bonds is 3. The van der Waals surface area contributed by atoms with Crippen LogP contribution in [0.3, 0.4) is 0 Å². The Hall–Kier alpha value is -3.35. The molecule has 0 bridgehead atoms. The fourth-order valence-corrected chi connectivity index (χ4v) is 4.03. The summed E-state index contributed by atoms with van der Waals surface area (Å²) in [5, 5.41) is 10.7. The van der Waals surface area contributed by atoms with Crippen LogP contribution in [0.25, 0.3) is 0 Å². The van der Waals surface area contributed by atoms with Gasteiger partial charge in [0, 0.05) is 5.02 Å². The van der Waals surface area contributed by atoms with E-state index in [2.05, 4.69) is 12.1 Å². The number of nitrogens with two attached hydrogens (primary N) is 1. The fraction of sp³-hybridized carbons (Fsp3) is 0.0833. The van der Waals surface area contributed by atoms with Crippen LogP contribution in [-0.4, -0.2) is 5.71 Å². The number of benzene rings is 3. The van der Waals surface area contributed by atoms with Crippen molar-refractivity contribution in [3.8, 4) is 6.07 Å². The lowest BCUT2D eigenvalue weighted by atomic mass is 9.65. The number of aryl methyl sites for hydroxylation is 1. The van der Waals surface area contributed by atoms with Crippen molar-refractivity contribution in [2.24, 2.45) is 10.7 Å². The molecule has 1 atom stereocenters. The maximum Gasteiger partial charge on any atom is 0.139 e. The van der Waals surface area contributed by atoms with Gasteiger partial charge in [-0.05, 0) is 35.7 Å². The van der Waals surface area contributed by atoms with Crippen molar-refractivity contribution in [3.63, 3.8) is 0 Å². The van der Waals surface area contributed by atoms with Crippen molar-refractivity contribution in [1.29, 1.82) is 5.26 Å². The fourth-order valence-electron chi connectivity index (χ4n) is 3.90. The van der Waals surface area contributed by atoms with Crippen molar-refractivity contribution in [1.82, 2.24) is 0 Å². The molecule has 0 spiro atoms. The molecule has 4 rings (SSSR count). The SMILES string of the molecule is Cc1cccc(C2=NC(N)=C(C#N)C2(c2ccccc2)c2ccc(Cl)cc2)c1. The van der Waals surface area contributed by atoms with Gasteiger partial charge in [0.2, 0.25) is 0 Å². The third kappa shape index (κ3) is 2.70. The van der Waals surface area contributed by atoms with Gasteiger partial charge in [0.1, 0.15) is 17.3 Å². The molecule has 0 aliphatic carbocycles. The van der Waals surface area contributed by atoms with Gasteiger partial charge in [-0.3, -0.25) is 0 Å². The Labute approximate surface area is 169 Å². The van der Waals surface area contributed by atoms with E-state index < -0.39 is 5.41 Å². The molecule has 0 fully saturated rings. The van der Waals surface area contributed by atoms with Crippen molar-refractivity contribution in [2.45, 2.75) is 12.3 Å². The molecule has 2 N–H and O–H groups in total.